The van der Waals surface area contributed by atoms with E-state index >= 15 is 0 Å². The first-order chi connectivity index (χ1) is 11.9. The number of hydrogen-bond acceptors (Lipinski definition) is 4. The number of nitrogens with one attached hydrogen (secondary N) is 2. The van der Waals surface area contributed by atoms with Crippen LogP contribution < -0.4 is 10.6 Å². The molecule has 0 radical (unpaired) electrons. The number of urea groups is 1. The molecule has 1 saturated carbocycles. The van der Waals surface area contributed by atoms with Gasteiger partial charge in [0.25, 0.3) is 5.91 Å². The maximum Gasteiger partial charge on any atom is 0.325 e. The van der Waals surface area contributed by atoms with Crippen LogP contribution in [0, 0.1) is 5.92 Å². The highest BCUT2D eigenvalue weighted by Crippen LogP contribution is 2.36. The molecule has 8 heteroatoms. The fraction of sp³-hybridized carbons (Fsp3) is 0.765. The lowest BCUT2D eigenvalue weighted by Gasteiger charge is -2.35. The second kappa shape index (κ2) is 6.65. The van der Waals surface area contributed by atoms with Crippen LogP contribution in [0.4, 0.5) is 4.79 Å². The van der Waals surface area contributed by atoms with Gasteiger partial charge in [-0.1, -0.05) is 13.8 Å². The lowest BCUT2D eigenvalue weighted by molar-refractivity contribution is -0.146. The molecule has 3 fully saturated rings. The van der Waals surface area contributed by atoms with Crippen LogP contribution in [-0.4, -0.2) is 64.8 Å². The molecule has 1 spiro atoms. The van der Waals surface area contributed by atoms with Crippen LogP contribution in [0.1, 0.15) is 46.0 Å². The molecular weight excluding hydrogens is 324 g/mol. The minimum absolute atomic E-state index is 0.183. The zero-order chi connectivity index (χ0) is 18.2. The molecule has 138 valence electrons. The molecule has 2 saturated heterocycles. The molecule has 0 aromatic heterocycles. The van der Waals surface area contributed by atoms with Gasteiger partial charge in [0.15, 0.2) is 0 Å². The minimum Gasteiger partial charge on any atom is -0.353 e. The fourth-order valence-corrected chi connectivity index (χ4v) is 4.06. The normalized spacial score (nSPS) is 32.8. The van der Waals surface area contributed by atoms with E-state index in [2.05, 4.69) is 17.6 Å². The van der Waals surface area contributed by atoms with E-state index in [0.717, 1.165) is 17.7 Å². The average molecular weight is 350 g/mol. The van der Waals surface area contributed by atoms with Crippen LogP contribution in [-0.2, 0) is 14.4 Å². The van der Waals surface area contributed by atoms with Gasteiger partial charge in [0.1, 0.15) is 18.1 Å². The standard InChI is InChI=1S/C17H26N4O4/c1-3-12-14(23)18-8-9-20(12)13(22)10-21-15(24)17(19-16(21)25)6-4-11(2)5-7-17/h11-12H,3-10H2,1-2H3,(H,18,23)(H,19,25)/t11?,12-,17?/m0/s1. The lowest BCUT2D eigenvalue weighted by atomic mass is 9.77. The second-order valence-electron chi connectivity index (χ2n) is 7.39. The first-order valence-corrected chi connectivity index (χ1v) is 9.09. The summed E-state index contributed by atoms with van der Waals surface area (Å²) < 4.78 is 0. The van der Waals surface area contributed by atoms with Crippen molar-refractivity contribution in [2.24, 2.45) is 5.92 Å². The topological polar surface area (TPSA) is 98.8 Å². The number of carbonyl (C=O) groups excluding carboxylic acids is 4. The molecule has 2 N–H and O–H groups in total. The van der Waals surface area contributed by atoms with E-state index in [1.165, 1.54) is 4.90 Å². The maximum atomic E-state index is 12.8. The summed E-state index contributed by atoms with van der Waals surface area (Å²) >= 11 is 0. The van der Waals surface area contributed by atoms with Gasteiger partial charge in [0.05, 0.1) is 0 Å². The third-order valence-corrected chi connectivity index (χ3v) is 5.70. The number of piperazine rings is 1. The molecule has 0 unspecified atom stereocenters. The predicted molar refractivity (Wildman–Crippen MR) is 89.4 cm³/mol. The molecule has 3 aliphatic rings. The van der Waals surface area contributed by atoms with E-state index in [4.69, 9.17) is 0 Å². The van der Waals surface area contributed by atoms with Crippen molar-refractivity contribution in [1.29, 1.82) is 0 Å². The van der Waals surface area contributed by atoms with Crippen molar-refractivity contribution in [2.75, 3.05) is 19.6 Å². The van der Waals surface area contributed by atoms with Crippen molar-refractivity contribution >= 4 is 23.8 Å². The molecule has 5 amide bonds. The van der Waals surface area contributed by atoms with Gasteiger partial charge in [-0.05, 0) is 38.0 Å². The summed E-state index contributed by atoms with van der Waals surface area (Å²) in [7, 11) is 0. The molecule has 1 aliphatic carbocycles. The van der Waals surface area contributed by atoms with Crippen LogP contribution >= 0.6 is 0 Å². The van der Waals surface area contributed by atoms with Gasteiger partial charge in [-0.3, -0.25) is 19.3 Å². The molecule has 25 heavy (non-hydrogen) atoms. The van der Waals surface area contributed by atoms with Crippen molar-refractivity contribution in [3.8, 4) is 0 Å². The van der Waals surface area contributed by atoms with E-state index in [-0.39, 0.29) is 24.3 Å². The number of amides is 5. The minimum atomic E-state index is -0.840. The zero-order valence-electron chi connectivity index (χ0n) is 14.8. The third kappa shape index (κ3) is 3.09. The van der Waals surface area contributed by atoms with Gasteiger partial charge in [-0.2, -0.15) is 0 Å². The summed E-state index contributed by atoms with van der Waals surface area (Å²) in [6.07, 6.45) is 3.51. The summed E-state index contributed by atoms with van der Waals surface area (Å²) in [5.41, 5.74) is -0.840. The van der Waals surface area contributed by atoms with Crippen molar-refractivity contribution < 1.29 is 19.2 Å². The molecule has 8 nitrogen and oxygen atoms in total. The Hall–Kier alpha value is -2.12. The number of imide groups is 1. The van der Waals surface area contributed by atoms with Crippen molar-refractivity contribution in [1.82, 2.24) is 20.4 Å². The Bertz CT molecular complexity index is 597. The summed E-state index contributed by atoms with van der Waals surface area (Å²) in [5.74, 6) is -0.293. The SMILES string of the molecule is CC[C@H]1C(=O)NCCN1C(=O)CN1C(=O)NC2(CCC(C)CC2)C1=O. The van der Waals surface area contributed by atoms with Gasteiger partial charge in [-0.25, -0.2) is 4.79 Å². The van der Waals surface area contributed by atoms with E-state index in [1.807, 2.05) is 6.92 Å². The first kappa shape index (κ1) is 17.7. The smallest absolute Gasteiger partial charge is 0.325 e. The van der Waals surface area contributed by atoms with Gasteiger partial charge in [0, 0.05) is 13.1 Å². The summed E-state index contributed by atoms with van der Waals surface area (Å²) in [5, 5.41) is 5.56. The second-order valence-corrected chi connectivity index (χ2v) is 7.39. The molecule has 0 aromatic rings. The Kier molecular flexibility index (Phi) is 4.71. The number of nitrogens with zero attached hydrogens (tertiary/aromatic N) is 2. The molecule has 2 aliphatic heterocycles. The van der Waals surface area contributed by atoms with E-state index in [1.54, 1.807) is 0 Å². The molecule has 1 atom stereocenters. The fourth-order valence-electron chi connectivity index (χ4n) is 4.06. The largest absolute Gasteiger partial charge is 0.353 e. The molecule has 0 bridgehead atoms. The number of carbonyl (C=O) groups is 4. The van der Waals surface area contributed by atoms with Crippen LogP contribution in [0.2, 0.25) is 0 Å². The Morgan fingerprint density at radius 1 is 1.24 bits per heavy atom. The van der Waals surface area contributed by atoms with Crippen LogP contribution in [0.3, 0.4) is 0 Å². The van der Waals surface area contributed by atoms with E-state index in [9.17, 15) is 19.2 Å². The molecular formula is C17H26N4O4. The Morgan fingerprint density at radius 3 is 2.56 bits per heavy atom. The van der Waals surface area contributed by atoms with E-state index < -0.39 is 17.6 Å². The summed E-state index contributed by atoms with van der Waals surface area (Å²) in [4.78, 5) is 52.2. The van der Waals surface area contributed by atoms with Gasteiger partial charge >= 0.3 is 6.03 Å². The molecule has 0 aromatic carbocycles. The summed E-state index contributed by atoms with van der Waals surface area (Å²) in [6, 6.07) is -1.03. The van der Waals surface area contributed by atoms with Crippen molar-refractivity contribution in [2.45, 2.75) is 57.5 Å². The molecule has 2 heterocycles. The highest BCUT2D eigenvalue weighted by atomic mass is 16.2. The Labute approximate surface area is 147 Å². The number of hydrogen-bond donors (Lipinski definition) is 2. The van der Waals surface area contributed by atoms with E-state index in [0.29, 0.717) is 38.3 Å². The monoisotopic (exact) mass is 350 g/mol. The van der Waals surface area contributed by atoms with Gasteiger partial charge < -0.3 is 15.5 Å². The van der Waals surface area contributed by atoms with Crippen LogP contribution in [0.5, 0.6) is 0 Å². The number of rotatable bonds is 3. The lowest BCUT2D eigenvalue weighted by Crippen LogP contribution is -2.59. The Balaban J connectivity index is 1.70. The van der Waals surface area contributed by atoms with Crippen molar-refractivity contribution in [3.63, 3.8) is 0 Å². The summed E-state index contributed by atoms with van der Waals surface area (Å²) in [6.45, 7) is 4.47. The first-order valence-electron chi connectivity index (χ1n) is 9.09. The quantitative estimate of drug-likeness (QED) is 0.712. The average Bonchev–Trinajstić information content (AvgIpc) is 2.81. The highest BCUT2D eigenvalue weighted by molar-refractivity contribution is 6.09. The van der Waals surface area contributed by atoms with Crippen LogP contribution in [0.25, 0.3) is 0 Å². The zero-order valence-corrected chi connectivity index (χ0v) is 14.8. The molecule has 3 rings (SSSR count). The van der Waals surface area contributed by atoms with Crippen molar-refractivity contribution in [3.05, 3.63) is 0 Å². The Morgan fingerprint density at radius 2 is 1.92 bits per heavy atom. The highest BCUT2D eigenvalue weighted by Gasteiger charge is 2.52. The van der Waals surface area contributed by atoms with Gasteiger partial charge in [0.2, 0.25) is 11.8 Å². The maximum absolute atomic E-state index is 12.8. The third-order valence-electron chi connectivity index (χ3n) is 5.70. The van der Waals surface area contributed by atoms with Crippen LogP contribution in [0.15, 0.2) is 0 Å². The predicted octanol–water partition coefficient (Wildman–Crippen LogP) is 0.224. The van der Waals surface area contributed by atoms with Gasteiger partial charge in [-0.15, -0.1) is 0 Å².